The van der Waals surface area contributed by atoms with Crippen LogP contribution in [0.1, 0.15) is 88.6 Å². The SMILES string of the molecule is [2H]c1c([2H])c([2H])c2c(c1[2H])c1c([2H])c([2H])c([2H])c([2H])c1n2-c1cc2c3c(c1)N(c1c(-c4ccccc4)cc(C(C)(C)C)cc1-c1ccccc1)c1ccccc1B3c1cc3c(cc1N2c1ccccc1)Oc1cc(-c2cccc4c2C(C)(C)c2ccccc2-4)cc2c1B3c1ccccc1N2c1c(-c2ccccc2)cc(C(C)(C)C)cc1-c1ccccc1. The zero-order valence-electron chi connectivity index (χ0n) is 72.7. The zero-order chi connectivity index (χ0) is 83.6. The summed E-state index contributed by atoms with van der Waals surface area (Å²) in [6, 6.07) is 106. The number of rotatable bonds is 9. The summed E-state index contributed by atoms with van der Waals surface area (Å²) in [5.41, 5.74) is 31.3. The molecule has 17 aromatic rings. The van der Waals surface area contributed by atoms with Crippen molar-refractivity contribution in [2.45, 2.75) is 71.6 Å². The molecule has 4 aliphatic heterocycles. The van der Waals surface area contributed by atoms with Crippen LogP contribution in [0.15, 0.2) is 352 Å². The largest absolute Gasteiger partial charge is 0.458 e. The lowest BCUT2D eigenvalue weighted by Crippen LogP contribution is -2.64. The average Bonchev–Trinajstić information content (AvgIpc) is 0.767. The topological polar surface area (TPSA) is 23.9 Å². The van der Waals surface area contributed by atoms with Crippen molar-refractivity contribution in [3.63, 3.8) is 0 Å². The number of ether oxygens (including phenoxy) is 1. The second-order valence-corrected chi connectivity index (χ2v) is 33.7. The van der Waals surface area contributed by atoms with Gasteiger partial charge in [-0.3, -0.25) is 0 Å². The maximum absolute atomic E-state index is 10.1. The van der Waals surface area contributed by atoms with Gasteiger partial charge < -0.3 is 24.0 Å². The summed E-state index contributed by atoms with van der Waals surface area (Å²) < 4.78 is 86.8. The van der Waals surface area contributed by atoms with Gasteiger partial charge in [-0.2, -0.15) is 0 Å². The van der Waals surface area contributed by atoms with Crippen molar-refractivity contribution in [2.24, 2.45) is 0 Å². The van der Waals surface area contributed by atoms with E-state index in [2.05, 4.69) is 355 Å². The minimum atomic E-state index is -0.530. The highest BCUT2D eigenvalue weighted by molar-refractivity contribution is 7.02. The van der Waals surface area contributed by atoms with E-state index >= 15 is 0 Å². The summed E-state index contributed by atoms with van der Waals surface area (Å²) in [5.74, 6) is 1.39. The molecule has 22 rings (SSSR count). The molecule has 0 amide bonds. The third-order valence-corrected chi connectivity index (χ3v) is 24.7. The van der Waals surface area contributed by atoms with E-state index in [1.54, 1.807) is 4.57 Å². The fraction of sp³-hybridized carbons (Fsp3) is 0.103. The minimum Gasteiger partial charge on any atom is -0.458 e. The van der Waals surface area contributed by atoms with E-state index in [-0.39, 0.29) is 50.1 Å². The highest BCUT2D eigenvalue weighted by Crippen LogP contribution is 2.58. The van der Waals surface area contributed by atoms with Gasteiger partial charge in [-0.05, 0) is 195 Å². The maximum Gasteiger partial charge on any atom is 0.256 e. The molecule has 114 heavy (non-hydrogen) atoms. The molecular weight excluding hydrogens is 1380 g/mol. The second kappa shape index (κ2) is 25.3. The van der Waals surface area contributed by atoms with Crippen molar-refractivity contribution in [2.75, 3.05) is 14.7 Å². The molecule has 7 heteroatoms. The number of para-hydroxylation sites is 5. The van der Waals surface area contributed by atoms with Gasteiger partial charge in [-0.1, -0.05) is 316 Å². The monoisotopic (exact) mass is 1470 g/mol. The number of hydrogen-bond acceptors (Lipinski definition) is 4. The molecule has 0 spiro atoms. The molecule has 0 bridgehead atoms. The Hall–Kier alpha value is -13.4. The molecule has 0 saturated heterocycles. The van der Waals surface area contributed by atoms with Gasteiger partial charge in [-0.25, -0.2) is 0 Å². The van der Waals surface area contributed by atoms with E-state index in [1.807, 2.05) is 18.2 Å². The van der Waals surface area contributed by atoms with Crippen molar-refractivity contribution in [3.05, 3.63) is 374 Å². The van der Waals surface area contributed by atoms with Crippen LogP contribution in [0.25, 0.3) is 94.3 Å². The fourth-order valence-electron chi connectivity index (χ4n) is 19.5. The molecule has 16 aromatic carbocycles. The van der Waals surface area contributed by atoms with Crippen molar-refractivity contribution in [3.8, 4) is 83.9 Å². The quantitative estimate of drug-likeness (QED) is 0.134. The normalized spacial score (nSPS) is 14.8. The smallest absolute Gasteiger partial charge is 0.256 e. The first kappa shape index (κ1) is 59.5. The molecule has 5 nitrogen and oxygen atoms in total. The van der Waals surface area contributed by atoms with Gasteiger partial charge in [0.2, 0.25) is 0 Å². The third-order valence-electron chi connectivity index (χ3n) is 24.7. The summed E-state index contributed by atoms with van der Waals surface area (Å²) in [7, 11) is 0. The standard InChI is InChI=1S/C107H82B2N4O/c1-105(2,3)72-59-81(67-35-14-9-15-36-67)103(82(60-72)68-37-16-10-17-38-68)112-93-56-33-29-52-87(93)109-89-65-88-94(66-98(89)114-99-58-71(57-95(112)102(99)109)76-48-34-49-80-77-45-24-27-50-85(77)107(7,8)100(76)80)110(74-43-22-13-23-44-74)96-63-75(111-90-53-30-25-46-78(90)79-47-26-31-54-91(79)111)64-97-101(96)108(88)86-51-28-32-55-92(86)113(97)104-83(69-39-18-11-19-40-69)61-73(106(4,5)6)62-84(104)70-41-20-12-21-42-70/h9-66H,1-8H3/i25D,26D,30D,31D,46D,47D,53D,54D. The molecule has 542 valence electrons. The van der Waals surface area contributed by atoms with E-state index < -0.39 is 49.7 Å². The molecule has 1 aromatic heterocycles. The first-order valence-corrected chi connectivity index (χ1v) is 39.6. The van der Waals surface area contributed by atoms with Crippen LogP contribution >= 0.6 is 0 Å². The van der Waals surface area contributed by atoms with Gasteiger partial charge in [0.05, 0.1) is 39.1 Å². The Morgan fingerprint density at radius 2 is 0.746 bits per heavy atom. The van der Waals surface area contributed by atoms with Crippen LogP contribution < -0.4 is 52.2 Å². The van der Waals surface area contributed by atoms with Crippen LogP contribution in [0.3, 0.4) is 0 Å². The highest BCUT2D eigenvalue weighted by atomic mass is 16.5. The Kier molecular flexibility index (Phi) is 13.2. The van der Waals surface area contributed by atoms with Crippen molar-refractivity contribution in [1.29, 1.82) is 0 Å². The number of fused-ring (bicyclic) bond motifs is 14. The first-order valence-electron chi connectivity index (χ1n) is 43.6. The molecule has 5 heterocycles. The Balaban J connectivity index is 0.872. The fourth-order valence-corrected chi connectivity index (χ4v) is 19.5. The van der Waals surface area contributed by atoms with E-state index in [9.17, 15) is 11.0 Å². The van der Waals surface area contributed by atoms with Crippen LogP contribution in [0, 0.1) is 0 Å². The van der Waals surface area contributed by atoms with Gasteiger partial charge in [0.25, 0.3) is 13.4 Å². The molecule has 0 fully saturated rings. The van der Waals surface area contributed by atoms with Crippen molar-refractivity contribution in [1.82, 2.24) is 4.57 Å². The average molecular weight is 1470 g/mol. The minimum absolute atomic E-state index is 0.00912. The summed E-state index contributed by atoms with van der Waals surface area (Å²) in [5, 5.41) is -0.0182. The van der Waals surface area contributed by atoms with Gasteiger partial charge >= 0.3 is 0 Å². The van der Waals surface area contributed by atoms with E-state index in [1.165, 1.54) is 27.8 Å². The molecule has 0 radical (unpaired) electrons. The van der Waals surface area contributed by atoms with E-state index in [4.69, 9.17) is 4.74 Å². The molecule has 0 N–H and O–H groups in total. The number of aromatic nitrogens is 1. The Morgan fingerprint density at radius 3 is 1.26 bits per heavy atom. The third kappa shape index (κ3) is 10.2. The number of hydrogen-bond donors (Lipinski definition) is 0. The van der Waals surface area contributed by atoms with Crippen LogP contribution in [-0.4, -0.2) is 18.0 Å². The number of anilines is 9. The lowest BCUT2D eigenvalue weighted by molar-refractivity contribution is 0.488. The molecular formula is C107H82B2N4O. The number of benzene rings is 16. The molecule has 5 aliphatic rings. The predicted molar refractivity (Wildman–Crippen MR) is 483 cm³/mol. The van der Waals surface area contributed by atoms with Gasteiger partial charge in [0.1, 0.15) is 11.5 Å². The lowest BCUT2D eigenvalue weighted by Gasteiger charge is -2.46. The number of nitrogens with zero attached hydrogens (tertiary/aromatic N) is 4. The van der Waals surface area contributed by atoms with Crippen LogP contribution in [0.5, 0.6) is 11.5 Å². The molecule has 0 atom stereocenters. The van der Waals surface area contributed by atoms with Crippen LogP contribution in [-0.2, 0) is 16.2 Å². The van der Waals surface area contributed by atoms with Crippen LogP contribution in [0.2, 0.25) is 0 Å². The van der Waals surface area contributed by atoms with Crippen molar-refractivity contribution >= 4 is 119 Å². The first-order chi connectivity index (χ1) is 58.9. The lowest BCUT2D eigenvalue weighted by atomic mass is 9.30. The summed E-state index contributed by atoms with van der Waals surface area (Å²) in [4.78, 5) is 7.30. The summed E-state index contributed by atoms with van der Waals surface area (Å²) in [6.07, 6.45) is 0. The Morgan fingerprint density at radius 1 is 0.316 bits per heavy atom. The van der Waals surface area contributed by atoms with Gasteiger partial charge in [0.15, 0.2) is 0 Å². The molecule has 0 saturated carbocycles. The summed E-state index contributed by atoms with van der Waals surface area (Å²) >= 11 is 0. The zero-order valence-corrected chi connectivity index (χ0v) is 64.7. The molecule has 1 aliphatic carbocycles. The molecule has 0 unspecified atom stereocenters. The van der Waals surface area contributed by atoms with E-state index in [0.717, 1.165) is 151 Å². The van der Waals surface area contributed by atoms with Gasteiger partial charge in [-0.15, -0.1) is 0 Å². The van der Waals surface area contributed by atoms with Crippen molar-refractivity contribution < 1.29 is 15.7 Å². The highest BCUT2D eigenvalue weighted by Gasteiger charge is 2.50. The van der Waals surface area contributed by atoms with Gasteiger partial charge in [0, 0.05) is 84.3 Å². The summed E-state index contributed by atoms with van der Waals surface area (Å²) in [6.45, 7) is 17.5. The maximum atomic E-state index is 10.1. The predicted octanol–water partition coefficient (Wildman–Crippen LogP) is 24.5. The van der Waals surface area contributed by atoms with Crippen LogP contribution in [0.4, 0.5) is 51.2 Å². The van der Waals surface area contributed by atoms with E-state index in [0.29, 0.717) is 11.4 Å². The second-order valence-electron chi connectivity index (χ2n) is 33.7. The Bertz CT molecular complexity index is 7150. The Labute approximate surface area is 679 Å².